The second-order valence-electron chi connectivity index (χ2n) is 8.12. The molecule has 0 saturated carbocycles. The number of carbonyl (C=O) groups is 1. The van der Waals surface area contributed by atoms with Gasteiger partial charge in [-0.2, -0.15) is 0 Å². The summed E-state index contributed by atoms with van der Waals surface area (Å²) in [5.74, 6) is 0.472. The number of phenols is 1. The highest BCUT2D eigenvalue weighted by Gasteiger charge is 2.25. The topological polar surface area (TPSA) is 46.5 Å². The molecule has 0 radical (unpaired) electrons. The van der Waals surface area contributed by atoms with Crippen LogP contribution in [0.15, 0.2) is 54.6 Å². The first-order valence-corrected chi connectivity index (χ1v) is 10.5. The Labute approximate surface area is 179 Å². The molecule has 1 N–H and O–H groups in total. The lowest BCUT2D eigenvalue weighted by Gasteiger charge is -2.24. The number of hydrogen-bond donors (Lipinski definition) is 1. The highest BCUT2D eigenvalue weighted by molar-refractivity contribution is 5.91. The Bertz CT molecular complexity index is 1050. The minimum absolute atomic E-state index is 0.0641. The highest BCUT2D eigenvalue weighted by Crippen LogP contribution is 2.42. The molecule has 0 saturated heterocycles. The van der Waals surface area contributed by atoms with E-state index in [1.807, 2.05) is 64.1 Å². The van der Waals surface area contributed by atoms with Crippen molar-refractivity contribution >= 4 is 5.97 Å². The fourth-order valence-corrected chi connectivity index (χ4v) is 4.14. The Kier molecular flexibility index (Phi) is 6.61. The summed E-state index contributed by atoms with van der Waals surface area (Å²) in [6, 6.07) is 17.2. The maximum absolute atomic E-state index is 12.8. The Morgan fingerprint density at radius 2 is 1.50 bits per heavy atom. The molecule has 0 aromatic heterocycles. The quantitative estimate of drug-likeness (QED) is 0.365. The predicted molar refractivity (Wildman–Crippen MR) is 122 cm³/mol. The van der Waals surface area contributed by atoms with Gasteiger partial charge in [-0.15, -0.1) is 0 Å². The molecule has 3 aromatic rings. The molecule has 0 aliphatic carbocycles. The molecular formula is C27H30O3. The SMILES string of the molecule is CCCC(c1cc(C)cc(C)c1O)c1cc(C)cc(C)c1OC(=O)c1ccccc1. The van der Waals surface area contributed by atoms with Gasteiger partial charge in [-0.25, -0.2) is 4.79 Å². The number of aryl methyl sites for hydroxylation is 4. The minimum Gasteiger partial charge on any atom is -0.507 e. The molecule has 3 heteroatoms. The van der Waals surface area contributed by atoms with Crippen LogP contribution in [0.25, 0.3) is 0 Å². The maximum Gasteiger partial charge on any atom is 0.343 e. The van der Waals surface area contributed by atoms with E-state index >= 15 is 0 Å². The van der Waals surface area contributed by atoms with Gasteiger partial charge < -0.3 is 9.84 Å². The van der Waals surface area contributed by atoms with Gasteiger partial charge in [0.15, 0.2) is 0 Å². The predicted octanol–water partition coefficient (Wildman–Crippen LogP) is 6.78. The Morgan fingerprint density at radius 3 is 2.13 bits per heavy atom. The van der Waals surface area contributed by atoms with E-state index in [1.165, 1.54) is 0 Å². The third-order valence-electron chi connectivity index (χ3n) is 5.45. The van der Waals surface area contributed by atoms with E-state index in [4.69, 9.17) is 4.74 Å². The first kappa shape index (κ1) is 21.6. The van der Waals surface area contributed by atoms with E-state index in [1.54, 1.807) is 12.1 Å². The smallest absolute Gasteiger partial charge is 0.343 e. The van der Waals surface area contributed by atoms with Crippen molar-refractivity contribution in [2.24, 2.45) is 0 Å². The van der Waals surface area contributed by atoms with Gasteiger partial charge in [0.2, 0.25) is 0 Å². The summed E-state index contributed by atoms with van der Waals surface area (Å²) < 4.78 is 5.95. The monoisotopic (exact) mass is 402 g/mol. The molecule has 0 aliphatic rings. The zero-order chi connectivity index (χ0) is 21.8. The fourth-order valence-electron chi connectivity index (χ4n) is 4.14. The van der Waals surface area contributed by atoms with Gasteiger partial charge in [0, 0.05) is 17.0 Å². The number of phenolic OH excluding ortho intramolecular Hbond substituents is 1. The number of rotatable bonds is 6. The molecule has 3 nitrogen and oxygen atoms in total. The van der Waals surface area contributed by atoms with Crippen LogP contribution in [0.4, 0.5) is 0 Å². The first-order valence-electron chi connectivity index (χ1n) is 10.5. The first-order chi connectivity index (χ1) is 14.3. The van der Waals surface area contributed by atoms with Crippen LogP contribution in [0.3, 0.4) is 0 Å². The van der Waals surface area contributed by atoms with E-state index in [-0.39, 0.29) is 11.9 Å². The van der Waals surface area contributed by atoms with E-state index in [2.05, 4.69) is 13.0 Å². The van der Waals surface area contributed by atoms with Gasteiger partial charge in [-0.05, 0) is 57.4 Å². The van der Waals surface area contributed by atoms with E-state index in [0.29, 0.717) is 17.1 Å². The van der Waals surface area contributed by atoms with Gasteiger partial charge in [0.25, 0.3) is 0 Å². The molecule has 156 valence electrons. The van der Waals surface area contributed by atoms with Crippen molar-refractivity contribution in [3.8, 4) is 11.5 Å². The number of ether oxygens (including phenoxy) is 1. The molecule has 1 atom stereocenters. The van der Waals surface area contributed by atoms with E-state index in [0.717, 1.165) is 46.2 Å². The zero-order valence-electron chi connectivity index (χ0n) is 18.5. The van der Waals surface area contributed by atoms with Crippen molar-refractivity contribution in [2.45, 2.75) is 53.4 Å². The van der Waals surface area contributed by atoms with E-state index < -0.39 is 0 Å². The molecule has 1 unspecified atom stereocenters. The zero-order valence-corrected chi connectivity index (χ0v) is 18.5. The van der Waals surface area contributed by atoms with Gasteiger partial charge >= 0.3 is 5.97 Å². The Balaban J connectivity index is 2.14. The number of esters is 1. The highest BCUT2D eigenvalue weighted by atomic mass is 16.5. The van der Waals surface area contributed by atoms with Crippen LogP contribution >= 0.6 is 0 Å². The van der Waals surface area contributed by atoms with Crippen molar-refractivity contribution in [3.63, 3.8) is 0 Å². The van der Waals surface area contributed by atoms with Gasteiger partial charge in [-0.3, -0.25) is 0 Å². The van der Waals surface area contributed by atoms with Crippen LogP contribution in [0, 0.1) is 27.7 Å². The molecule has 0 bridgehead atoms. The summed E-state index contributed by atoms with van der Waals surface area (Å²) in [4.78, 5) is 12.8. The lowest BCUT2D eigenvalue weighted by atomic mass is 9.83. The molecule has 0 spiro atoms. The third kappa shape index (κ3) is 4.56. The number of aromatic hydroxyl groups is 1. The lowest BCUT2D eigenvalue weighted by molar-refractivity contribution is 0.0731. The van der Waals surface area contributed by atoms with Gasteiger partial charge in [0.1, 0.15) is 11.5 Å². The molecule has 0 fully saturated rings. The molecule has 0 heterocycles. The number of carbonyl (C=O) groups excluding carboxylic acids is 1. The standard InChI is InChI=1S/C27H30O3/c1-6-10-22(23-15-17(2)13-19(4)25(23)28)24-16-18(3)14-20(5)26(24)30-27(29)21-11-8-7-9-12-21/h7-9,11-16,22,28H,6,10H2,1-5H3. The molecule has 0 aliphatic heterocycles. The molecular weight excluding hydrogens is 372 g/mol. The van der Waals surface area contributed by atoms with Crippen molar-refractivity contribution < 1.29 is 14.6 Å². The summed E-state index contributed by atoms with van der Waals surface area (Å²) in [6.07, 6.45) is 1.78. The third-order valence-corrected chi connectivity index (χ3v) is 5.45. The number of benzene rings is 3. The van der Waals surface area contributed by atoms with Crippen LogP contribution in [0.1, 0.15) is 69.4 Å². The van der Waals surface area contributed by atoms with Crippen molar-refractivity contribution in [3.05, 3.63) is 93.5 Å². The largest absolute Gasteiger partial charge is 0.507 e. The number of hydrogen-bond acceptors (Lipinski definition) is 3. The van der Waals surface area contributed by atoms with Crippen LogP contribution in [-0.4, -0.2) is 11.1 Å². The fraction of sp³-hybridized carbons (Fsp3) is 0.296. The average Bonchev–Trinajstić information content (AvgIpc) is 2.71. The molecule has 3 rings (SSSR count). The summed E-state index contributed by atoms with van der Waals surface area (Å²) >= 11 is 0. The maximum atomic E-state index is 12.8. The van der Waals surface area contributed by atoms with E-state index in [9.17, 15) is 9.90 Å². The summed E-state index contributed by atoms with van der Waals surface area (Å²) in [7, 11) is 0. The average molecular weight is 403 g/mol. The molecule has 0 amide bonds. The van der Waals surface area contributed by atoms with Gasteiger partial charge in [0.05, 0.1) is 5.56 Å². The van der Waals surface area contributed by atoms with Crippen LogP contribution in [0.2, 0.25) is 0 Å². The Hall–Kier alpha value is -3.07. The lowest BCUT2D eigenvalue weighted by Crippen LogP contribution is -2.13. The van der Waals surface area contributed by atoms with Crippen LogP contribution in [0.5, 0.6) is 11.5 Å². The van der Waals surface area contributed by atoms with Gasteiger partial charge in [-0.1, -0.05) is 66.9 Å². The van der Waals surface area contributed by atoms with Crippen molar-refractivity contribution in [2.75, 3.05) is 0 Å². The summed E-state index contributed by atoms with van der Waals surface area (Å²) in [6.45, 7) is 10.1. The van der Waals surface area contributed by atoms with Crippen LogP contribution in [-0.2, 0) is 0 Å². The van der Waals surface area contributed by atoms with Crippen LogP contribution < -0.4 is 4.74 Å². The summed E-state index contributed by atoms with van der Waals surface area (Å²) in [5.41, 5.74) is 6.33. The molecule has 30 heavy (non-hydrogen) atoms. The summed E-state index contributed by atoms with van der Waals surface area (Å²) in [5, 5.41) is 10.9. The van der Waals surface area contributed by atoms with Crippen molar-refractivity contribution in [1.82, 2.24) is 0 Å². The molecule has 3 aromatic carbocycles. The second kappa shape index (κ2) is 9.17. The normalized spacial score (nSPS) is 11.9. The minimum atomic E-state index is -0.372. The van der Waals surface area contributed by atoms with Crippen molar-refractivity contribution in [1.29, 1.82) is 0 Å². The second-order valence-corrected chi connectivity index (χ2v) is 8.12. The Morgan fingerprint density at radius 1 is 0.900 bits per heavy atom.